The number of carbonyl (C=O) groups is 3. The van der Waals surface area contributed by atoms with Gasteiger partial charge in [-0.2, -0.15) is 8.42 Å². The van der Waals surface area contributed by atoms with Gasteiger partial charge in [0.2, 0.25) is 0 Å². The molecule has 1 aromatic carbocycles. The van der Waals surface area contributed by atoms with Crippen molar-refractivity contribution in [1.29, 1.82) is 0 Å². The molecule has 10 atom stereocenters. The Balaban J connectivity index is 1.26. The highest BCUT2D eigenvalue weighted by atomic mass is 35.5. The number of carboxylic acid groups (broad SMARTS) is 1. The summed E-state index contributed by atoms with van der Waals surface area (Å²) in [5.41, 5.74) is 1.25. The van der Waals surface area contributed by atoms with Crippen molar-refractivity contribution < 1.29 is 37.2 Å². The fourth-order valence-electron chi connectivity index (χ4n) is 13.3. The molecule has 1 aromatic rings. The molecule has 0 saturated heterocycles. The van der Waals surface area contributed by atoms with E-state index in [0.29, 0.717) is 29.8 Å². The van der Waals surface area contributed by atoms with E-state index < -0.39 is 38.6 Å². The van der Waals surface area contributed by atoms with E-state index >= 15 is 0 Å². The van der Waals surface area contributed by atoms with Crippen molar-refractivity contribution >= 4 is 39.4 Å². The van der Waals surface area contributed by atoms with Gasteiger partial charge in [0.25, 0.3) is 10.1 Å². The van der Waals surface area contributed by atoms with Crippen LogP contribution in [0.15, 0.2) is 35.4 Å². The summed E-state index contributed by atoms with van der Waals surface area (Å²) in [4.78, 5) is 39.4. The molecule has 0 aliphatic heterocycles. The number of fused-ring (bicyclic) bond motifs is 7. The SMILES string of the molecule is CC(C)C1=C2C(CC[C@]3(C)[C@@H]2CC[C@@H]2[C@@]4(C)CC[C@H](OC(=O)CC(C)(C)C(=O)O)C(C)(C)[C@H]4CC[C@]23C)C([C@H](CNCc2ccc(Cl)cc2)S(=O)(=O)O)C1=O. The fraction of sp³-hybridized carbons (Fsp3) is 0.750. The van der Waals surface area contributed by atoms with Gasteiger partial charge in [0.05, 0.1) is 11.8 Å². The number of hydrogen-bond acceptors (Lipinski definition) is 7. The number of benzene rings is 1. The van der Waals surface area contributed by atoms with Crippen molar-refractivity contribution in [2.75, 3.05) is 6.54 Å². The van der Waals surface area contributed by atoms with Crippen LogP contribution in [0.1, 0.15) is 126 Å². The van der Waals surface area contributed by atoms with Crippen molar-refractivity contribution in [3.63, 3.8) is 0 Å². The van der Waals surface area contributed by atoms with E-state index in [-0.39, 0.29) is 64.3 Å². The Bertz CT molecular complexity index is 1840. The van der Waals surface area contributed by atoms with E-state index in [9.17, 15) is 32.5 Å². The minimum absolute atomic E-state index is 0.000318. The number of Topliss-reactive ketones (excluding diaryl/α,β-unsaturated/α-hetero) is 1. The van der Waals surface area contributed by atoms with Crippen LogP contribution in [-0.2, 0) is 35.8 Å². The van der Waals surface area contributed by atoms with Crippen LogP contribution >= 0.6 is 11.6 Å². The molecule has 3 N–H and O–H groups in total. The predicted octanol–water partition coefficient (Wildman–Crippen LogP) is 8.94. The molecule has 5 aliphatic rings. The number of halogens is 1. The summed E-state index contributed by atoms with van der Waals surface area (Å²) in [6.07, 6.45) is 6.71. The van der Waals surface area contributed by atoms with Crippen LogP contribution in [0.25, 0.3) is 0 Å². The Morgan fingerprint density at radius 2 is 1.58 bits per heavy atom. The molecule has 0 amide bonds. The Morgan fingerprint density at radius 3 is 2.18 bits per heavy atom. The number of esters is 1. The fourth-order valence-corrected chi connectivity index (χ4v) is 14.4. The average molecular weight is 803 g/mol. The molecule has 0 heterocycles. The molecule has 2 unspecified atom stereocenters. The lowest BCUT2D eigenvalue weighted by molar-refractivity contribution is -0.232. The number of aliphatic carboxylic acids is 1. The number of ether oxygens (including phenoxy) is 1. The number of carbonyl (C=O) groups excluding carboxylic acids is 2. The first-order chi connectivity index (χ1) is 25.4. The minimum atomic E-state index is -4.56. The maximum Gasteiger partial charge on any atom is 0.309 e. The molecule has 5 aliphatic carbocycles. The van der Waals surface area contributed by atoms with E-state index in [2.05, 4.69) is 39.9 Å². The molecule has 4 saturated carbocycles. The zero-order valence-electron chi connectivity index (χ0n) is 34.3. The Hall–Kier alpha value is -2.27. The van der Waals surface area contributed by atoms with Crippen LogP contribution < -0.4 is 5.32 Å². The van der Waals surface area contributed by atoms with Crippen molar-refractivity contribution in [3.05, 3.63) is 46.0 Å². The van der Waals surface area contributed by atoms with Crippen molar-refractivity contribution in [1.82, 2.24) is 5.32 Å². The molecular weight excluding hydrogens is 738 g/mol. The summed E-state index contributed by atoms with van der Waals surface area (Å²) >= 11 is 6.06. The van der Waals surface area contributed by atoms with E-state index in [4.69, 9.17) is 16.3 Å². The van der Waals surface area contributed by atoms with E-state index in [0.717, 1.165) is 61.7 Å². The zero-order chi connectivity index (χ0) is 40.7. The third-order valence-electron chi connectivity index (χ3n) is 16.3. The van der Waals surface area contributed by atoms with Gasteiger partial charge in [0, 0.05) is 29.4 Å². The number of ketones is 1. The lowest BCUT2D eigenvalue weighted by Crippen LogP contribution is -2.65. The summed E-state index contributed by atoms with van der Waals surface area (Å²) in [6.45, 7) is 19.4. The molecule has 55 heavy (non-hydrogen) atoms. The average Bonchev–Trinajstić information content (AvgIpc) is 3.36. The quantitative estimate of drug-likeness (QED) is 0.147. The largest absolute Gasteiger partial charge is 0.481 e. The van der Waals surface area contributed by atoms with Crippen molar-refractivity contribution in [3.8, 4) is 0 Å². The summed E-state index contributed by atoms with van der Waals surface area (Å²) in [5.74, 6) is -1.83. The summed E-state index contributed by atoms with van der Waals surface area (Å²) in [7, 11) is -4.56. The molecule has 0 bridgehead atoms. The van der Waals surface area contributed by atoms with Crippen LogP contribution in [0.4, 0.5) is 0 Å². The third-order valence-corrected chi connectivity index (χ3v) is 17.7. The van der Waals surface area contributed by atoms with Crippen LogP contribution in [0, 0.1) is 62.6 Å². The molecule has 0 aromatic heterocycles. The maximum absolute atomic E-state index is 14.6. The van der Waals surface area contributed by atoms with Crippen molar-refractivity contribution in [2.45, 2.75) is 138 Å². The van der Waals surface area contributed by atoms with Gasteiger partial charge in [0.15, 0.2) is 5.78 Å². The van der Waals surface area contributed by atoms with Gasteiger partial charge in [-0.3, -0.25) is 18.9 Å². The van der Waals surface area contributed by atoms with Gasteiger partial charge >= 0.3 is 11.9 Å². The first-order valence-corrected chi connectivity index (χ1v) is 22.4. The molecule has 6 rings (SSSR count). The Kier molecular flexibility index (Phi) is 11.2. The Labute approximate surface area is 333 Å². The van der Waals surface area contributed by atoms with E-state index in [1.54, 1.807) is 26.0 Å². The highest BCUT2D eigenvalue weighted by molar-refractivity contribution is 7.86. The second kappa shape index (κ2) is 14.5. The molecular formula is C44H64ClNO8S. The van der Waals surface area contributed by atoms with E-state index in [1.165, 1.54) is 0 Å². The lowest BCUT2D eigenvalue weighted by Gasteiger charge is -2.71. The number of nitrogens with one attached hydrogen (secondary N) is 1. The van der Waals surface area contributed by atoms with Crippen LogP contribution in [0.3, 0.4) is 0 Å². The van der Waals surface area contributed by atoms with Crippen LogP contribution in [0.5, 0.6) is 0 Å². The van der Waals surface area contributed by atoms with Gasteiger partial charge in [-0.15, -0.1) is 0 Å². The molecule has 4 fully saturated rings. The van der Waals surface area contributed by atoms with Gasteiger partial charge < -0.3 is 15.2 Å². The summed E-state index contributed by atoms with van der Waals surface area (Å²) < 4.78 is 43.1. The van der Waals surface area contributed by atoms with Crippen LogP contribution in [-0.4, -0.2) is 53.7 Å². The number of hydrogen-bond donors (Lipinski definition) is 3. The van der Waals surface area contributed by atoms with Gasteiger partial charge in [-0.1, -0.05) is 77.8 Å². The van der Waals surface area contributed by atoms with Gasteiger partial charge in [-0.05, 0) is 134 Å². The number of carboxylic acids is 1. The smallest absolute Gasteiger partial charge is 0.309 e. The predicted molar refractivity (Wildman–Crippen MR) is 214 cm³/mol. The third kappa shape index (κ3) is 7.05. The van der Waals surface area contributed by atoms with Gasteiger partial charge in [0.1, 0.15) is 11.4 Å². The van der Waals surface area contributed by atoms with Crippen LogP contribution in [0.2, 0.25) is 5.02 Å². The maximum atomic E-state index is 14.6. The van der Waals surface area contributed by atoms with E-state index in [1.807, 2.05) is 26.0 Å². The van der Waals surface area contributed by atoms with Crippen molar-refractivity contribution in [2.24, 2.45) is 62.6 Å². The second-order valence-corrected chi connectivity index (χ2v) is 22.3. The molecule has 306 valence electrons. The molecule has 0 radical (unpaired) electrons. The molecule has 9 nitrogen and oxygen atoms in total. The normalized spacial score (nSPS) is 36.4. The summed E-state index contributed by atoms with van der Waals surface area (Å²) in [5, 5.41) is 12.2. The second-order valence-electron chi connectivity index (χ2n) is 20.2. The highest BCUT2D eigenvalue weighted by Gasteiger charge is 2.69. The Morgan fingerprint density at radius 1 is 0.945 bits per heavy atom. The topological polar surface area (TPSA) is 147 Å². The first kappa shape index (κ1) is 42.3. The zero-order valence-corrected chi connectivity index (χ0v) is 35.9. The minimum Gasteiger partial charge on any atom is -0.481 e. The van der Waals surface area contributed by atoms with Gasteiger partial charge in [-0.25, -0.2) is 0 Å². The number of rotatable bonds is 11. The summed E-state index contributed by atoms with van der Waals surface area (Å²) in [6, 6.07) is 7.30. The molecule has 0 spiro atoms. The standard InChI is InChI=1S/C44H64ClNO8S/c1-25(2)35-36-28(37(38(35)48)30(55(51,52)53)24-46-23-26-10-12-27(45)13-11-26)16-20-43(8)29(36)14-15-32-42(7)19-18-33(54-34(47)22-40(3,4)39(49)50)41(5,6)31(42)17-21-44(32,43)9/h10-13,25,28-33,37,46H,14-24H2,1-9H3,(H,49,50)(H,51,52,53)/t28?,29-,30+,31-,32-,33+,37?,42+,43-,44-/m1/s1. The number of allylic oxidation sites excluding steroid dienone is 2. The first-order valence-electron chi connectivity index (χ1n) is 20.5. The molecule has 11 heteroatoms. The lowest BCUT2D eigenvalue weighted by atomic mass is 9.33. The highest BCUT2D eigenvalue weighted by Crippen LogP contribution is 2.76. The monoisotopic (exact) mass is 801 g/mol.